The minimum absolute atomic E-state index is 0.177. The largest absolute Gasteiger partial charge is 0.384 e. The molecule has 2 heterocycles. The minimum atomic E-state index is -0.484. The zero-order valence-electron chi connectivity index (χ0n) is 6.83. The standard InChI is InChI=1S/C8H13N3O/c12-7(6-2-1-3-9-6)8-10-4-5-11-8/h4-7,9,12H,1-3H2,(H,10,11)/t6-,7-/m1/s1. The van der Waals surface area contributed by atoms with Crippen molar-refractivity contribution in [3.8, 4) is 0 Å². The molecule has 12 heavy (non-hydrogen) atoms. The first-order valence-electron chi connectivity index (χ1n) is 4.28. The fourth-order valence-electron chi connectivity index (χ4n) is 1.61. The van der Waals surface area contributed by atoms with Crippen molar-refractivity contribution in [2.45, 2.75) is 25.0 Å². The number of rotatable bonds is 2. The van der Waals surface area contributed by atoms with E-state index in [4.69, 9.17) is 0 Å². The second-order valence-corrected chi connectivity index (χ2v) is 3.12. The van der Waals surface area contributed by atoms with E-state index in [2.05, 4.69) is 15.3 Å². The minimum Gasteiger partial charge on any atom is -0.384 e. The summed E-state index contributed by atoms with van der Waals surface area (Å²) in [5.41, 5.74) is 0. The van der Waals surface area contributed by atoms with Gasteiger partial charge in [-0.3, -0.25) is 0 Å². The van der Waals surface area contributed by atoms with Gasteiger partial charge in [-0.05, 0) is 19.4 Å². The van der Waals surface area contributed by atoms with E-state index in [0.717, 1.165) is 19.4 Å². The number of aromatic nitrogens is 2. The second kappa shape index (κ2) is 3.25. The van der Waals surface area contributed by atoms with E-state index >= 15 is 0 Å². The van der Waals surface area contributed by atoms with Crippen LogP contribution in [0.3, 0.4) is 0 Å². The quantitative estimate of drug-likeness (QED) is 0.589. The number of aliphatic hydroxyl groups excluding tert-OH is 1. The van der Waals surface area contributed by atoms with Gasteiger partial charge in [0.15, 0.2) is 0 Å². The summed E-state index contributed by atoms with van der Waals surface area (Å²) in [5.74, 6) is 0.661. The van der Waals surface area contributed by atoms with Crippen molar-refractivity contribution in [1.82, 2.24) is 15.3 Å². The molecule has 1 saturated heterocycles. The molecule has 0 aromatic carbocycles. The van der Waals surface area contributed by atoms with E-state index in [1.165, 1.54) is 0 Å². The topological polar surface area (TPSA) is 60.9 Å². The number of nitrogens with one attached hydrogen (secondary N) is 2. The van der Waals surface area contributed by atoms with Crippen molar-refractivity contribution in [2.24, 2.45) is 0 Å². The molecule has 1 aliphatic rings. The van der Waals surface area contributed by atoms with Crippen molar-refractivity contribution in [3.05, 3.63) is 18.2 Å². The molecule has 4 heteroatoms. The summed E-state index contributed by atoms with van der Waals surface area (Å²) in [7, 11) is 0. The summed E-state index contributed by atoms with van der Waals surface area (Å²) < 4.78 is 0. The van der Waals surface area contributed by atoms with Gasteiger partial charge in [-0.1, -0.05) is 0 Å². The molecule has 1 fully saturated rings. The number of imidazole rings is 1. The Balaban J connectivity index is 2.04. The van der Waals surface area contributed by atoms with Crippen LogP contribution >= 0.6 is 0 Å². The summed E-state index contributed by atoms with van der Waals surface area (Å²) in [6.45, 7) is 1.00. The molecule has 0 spiro atoms. The summed E-state index contributed by atoms with van der Waals surface area (Å²) >= 11 is 0. The molecule has 0 saturated carbocycles. The van der Waals surface area contributed by atoms with Crippen molar-refractivity contribution >= 4 is 0 Å². The van der Waals surface area contributed by atoms with Gasteiger partial charge < -0.3 is 15.4 Å². The number of H-pyrrole nitrogens is 1. The molecule has 0 bridgehead atoms. The Kier molecular flexibility index (Phi) is 2.10. The lowest BCUT2D eigenvalue weighted by atomic mass is 10.1. The van der Waals surface area contributed by atoms with Crippen LogP contribution in [0, 0.1) is 0 Å². The molecule has 0 amide bonds. The molecule has 1 aromatic heterocycles. The summed E-state index contributed by atoms with van der Waals surface area (Å²) in [5, 5.41) is 13.0. The second-order valence-electron chi connectivity index (χ2n) is 3.12. The molecule has 1 aliphatic heterocycles. The van der Waals surface area contributed by atoms with Crippen molar-refractivity contribution < 1.29 is 5.11 Å². The fraction of sp³-hybridized carbons (Fsp3) is 0.625. The summed E-state index contributed by atoms with van der Waals surface area (Å²) in [6.07, 6.45) is 5.08. The Morgan fingerprint density at radius 2 is 2.58 bits per heavy atom. The fourth-order valence-corrected chi connectivity index (χ4v) is 1.61. The van der Waals surface area contributed by atoms with Crippen LogP contribution in [0.25, 0.3) is 0 Å². The van der Waals surface area contributed by atoms with E-state index in [-0.39, 0.29) is 6.04 Å². The highest BCUT2D eigenvalue weighted by molar-refractivity contribution is 4.98. The van der Waals surface area contributed by atoms with Crippen LogP contribution in [0.5, 0.6) is 0 Å². The van der Waals surface area contributed by atoms with Gasteiger partial charge in [-0.25, -0.2) is 4.98 Å². The van der Waals surface area contributed by atoms with E-state index in [9.17, 15) is 5.11 Å². The molecule has 2 rings (SSSR count). The molecule has 4 nitrogen and oxygen atoms in total. The Bertz CT molecular complexity index is 228. The third kappa shape index (κ3) is 1.35. The number of hydrogen-bond donors (Lipinski definition) is 3. The average Bonchev–Trinajstić information content (AvgIpc) is 2.77. The van der Waals surface area contributed by atoms with E-state index in [1.807, 2.05) is 0 Å². The van der Waals surface area contributed by atoms with Gasteiger partial charge in [-0.2, -0.15) is 0 Å². The van der Waals surface area contributed by atoms with Gasteiger partial charge in [0, 0.05) is 18.4 Å². The highest BCUT2D eigenvalue weighted by atomic mass is 16.3. The van der Waals surface area contributed by atoms with Crippen LogP contribution in [-0.4, -0.2) is 27.7 Å². The zero-order valence-corrected chi connectivity index (χ0v) is 6.83. The average molecular weight is 167 g/mol. The molecule has 0 unspecified atom stereocenters. The molecule has 1 aromatic rings. The van der Waals surface area contributed by atoms with Crippen LogP contribution in [0.15, 0.2) is 12.4 Å². The van der Waals surface area contributed by atoms with E-state index < -0.39 is 6.10 Å². The normalized spacial score (nSPS) is 25.9. The SMILES string of the molecule is O[C@@H](c1ncc[nH]1)[C@H]1CCCN1. The lowest BCUT2D eigenvalue weighted by molar-refractivity contribution is 0.129. The summed E-state index contributed by atoms with van der Waals surface area (Å²) in [4.78, 5) is 6.93. The van der Waals surface area contributed by atoms with Crippen LogP contribution in [0.1, 0.15) is 24.8 Å². The smallest absolute Gasteiger partial charge is 0.136 e. The lowest BCUT2D eigenvalue weighted by Gasteiger charge is -2.15. The molecule has 66 valence electrons. The van der Waals surface area contributed by atoms with Gasteiger partial charge in [-0.15, -0.1) is 0 Å². The van der Waals surface area contributed by atoms with E-state index in [0.29, 0.717) is 5.82 Å². The van der Waals surface area contributed by atoms with Gasteiger partial charge in [0.1, 0.15) is 11.9 Å². The van der Waals surface area contributed by atoms with E-state index in [1.54, 1.807) is 12.4 Å². The van der Waals surface area contributed by atoms with Crippen LogP contribution in [-0.2, 0) is 0 Å². The van der Waals surface area contributed by atoms with Crippen LogP contribution < -0.4 is 5.32 Å². The maximum atomic E-state index is 9.75. The Hall–Kier alpha value is -0.870. The molecule has 3 N–H and O–H groups in total. The van der Waals surface area contributed by atoms with Crippen molar-refractivity contribution in [2.75, 3.05) is 6.54 Å². The van der Waals surface area contributed by atoms with Crippen LogP contribution in [0.2, 0.25) is 0 Å². The van der Waals surface area contributed by atoms with Gasteiger partial charge in [0.2, 0.25) is 0 Å². The first kappa shape index (κ1) is 7.76. The predicted octanol–water partition coefficient (Wildman–Crippen LogP) is 0.195. The van der Waals surface area contributed by atoms with Crippen molar-refractivity contribution in [1.29, 1.82) is 0 Å². The highest BCUT2D eigenvalue weighted by Gasteiger charge is 2.25. The molecular formula is C8H13N3O. The number of hydrogen-bond acceptors (Lipinski definition) is 3. The number of aliphatic hydroxyl groups is 1. The molecule has 0 aliphatic carbocycles. The summed E-state index contributed by atoms with van der Waals surface area (Å²) in [6, 6.07) is 0.177. The highest BCUT2D eigenvalue weighted by Crippen LogP contribution is 2.19. The van der Waals surface area contributed by atoms with Crippen LogP contribution in [0.4, 0.5) is 0 Å². The Labute approximate surface area is 71.0 Å². The van der Waals surface area contributed by atoms with Gasteiger partial charge in [0.05, 0.1) is 0 Å². The predicted molar refractivity (Wildman–Crippen MR) is 44.6 cm³/mol. The molecular weight excluding hydrogens is 154 g/mol. The number of aromatic amines is 1. The van der Waals surface area contributed by atoms with Gasteiger partial charge in [0.25, 0.3) is 0 Å². The third-order valence-electron chi connectivity index (χ3n) is 2.28. The lowest BCUT2D eigenvalue weighted by Crippen LogP contribution is -2.29. The maximum Gasteiger partial charge on any atom is 0.136 e. The maximum absolute atomic E-state index is 9.75. The Morgan fingerprint density at radius 3 is 3.17 bits per heavy atom. The third-order valence-corrected chi connectivity index (χ3v) is 2.28. The monoisotopic (exact) mass is 167 g/mol. The van der Waals surface area contributed by atoms with Crippen molar-refractivity contribution in [3.63, 3.8) is 0 Å². The first-order chi connectivity index (χ1) is 5.88. The molecule has 2 atom stereocenters. The molecule has 0 radical (unpaired) electrons. The zero-order chi connectivity index (χ0) is 8.39. The number of nitrogens with zero attached hydrogens (tertiary/aromatic N) is 1. The van der Waals surface area contributed by atoms with Gasteiger partial charge >= 0.3 is 0 Å². The Morgan fingerprint density at radius 1 is 1.67 bits per heavy atom. The first-order valence-corrected chi connectivity index (χ1v) is 4.28.